The van der Waals surface area contributed by atoms with Crippen molar-refractivity contribution in [2.45, 2.75) is 38.8 Å². The van der Waals surface area contributed by atoms with Crippen LogP contribution < -0.4 is 5.32 Å². The number of likely N-dealkylation sites (tertiary alicyclic amines) is 1. The fraction of sp³-hybridized carbons (Fsp3) is 0.579. The lowest BCUT2D eigenvalue weighted by Crippen LogP contribution is -2.40. The maximum atomic E-state index is 12.8. The van der Waals surface area contributed by atoms with E-state index in [1.54, 1.807) is 11.3 Å². The number of imidazole rings is 1. The zero-order valence-electron chi connectivity index (χ0n) is 14.8. The van der Waals surface area contributed by atoms with Crippen LogP contribution in [0.15, 0.2) is 30.0 Å². The molecule has 1 saturated heterocycles. The molecule has 1 amide bonds. The summed E-state index contributed by atoms with van der Waals surface area (Å²) in [6, 6.07) is 4.12. The molecule has 6 heteroatoms. The van der Waals surface area contributed by atoms with Crippen molar-refractivity contribution in [1.82, 2.24) is 19.8 Å². The maximum Gasteiger partial charge on any atom is 0.224 e. The SMILES string of the molecule is Cn1cncc1CN1CC[C@@]2(CCC[C@H]2C(=O)NCc2cccs2)C1. The Labute approximate surface area is 153 Å². The number of rotatable bonds is 5. The van der Waals surface area contributed by atoms with Gasteiger partial charge in [-0.1, -0.05) is 12.5 Å². The number of nitrogens with one attached hydrogen (secondary N) is 1. The van der Waals surface area contributed by atoms with Crippen LogP contribution in [0.3, 0.4) is 0 Å². The van der Waals surface area contributed by atoms with Crippen molar-refractivity contribution >= 4 is 17.2 Å². The standard InChI is InChI=1S/C19H26N4OS/c1-22-14-20-10-15(22)12-23-8-7-19(13-23)6-2-5-17(19)18(24)21-11-16-4-3-9-25-16/h3-4,9-10,14,17H,2,5-8,11-13H2,1H3,(H,21,24)/t17-,19-/m0/s1. The minimum atomic E-state index is 0.170. The third-order valence-electron chi connectivity index (χ3n) is 6.01. The van der Waals surface area contributed by atoms with Crippen LogP contribution in [0.5, 0.6) is 0 Å². The van der Waals surface area contributed by atoms with Gasteiger partial charge in [-0.25, -0.2) is 4.98 Å². The van der Waals surface area contributed by atoms with E-state index in [4.69, 9.17) is 0 Å². The van der Waals surface area contributed by atoms with Gasteiger partial charge in [0.05, 0.1) is 18.6 Å². The van der Waals surface area contributed by atoms with Crippen LogP contribution in [0.2, 0.25) is 0 Å². The molecule has 0 radical (unpaired) electrons. The smallest absolute Gasteiger partial charge is 0.224 e. The van der Waals surface area contributed by atoms with Gasteiger partial charge in [0.15, 0.2) is 0 Å². The van der Waals surface area contributed by atoms with Crippen molar-refractivity contribution < 1.29 is 4.79 Å². The molecule has 3 heterocycles. The van der Waals surface area contributed by atoms with E-state index < -0.39 is 0 Å². The van der Waals surface area contributed by atoms with E-state index in [1.165, 1.54) is 23.4 Å². The van der Waals surface area contributed by atoms with Gasteiger partial charge in [-0.2, -0.15) is 0 Å². The number of aryl methyl sites for hydroxylation is 1. The number of nitrogens with zero attached hydrogens (tertiary/aromatic N) is 3. The van der Waals surface area contributed by atoms with E-state index in [2.05, 4.69) is 31.2 Å². The summed E-state index contributed by atoms with van der Waals surface area (Å²) in [6.45, 7) is 3.72. The minimum absolute atomic E-state index is 0.170. The van der Waals surface area contributed by atoms with Crippen molar-refractivity contribution in [2.75, 3.05) is 13.1 Å². The molecule has 1 aliphatic heterocycles. The molecule has 1 aliphatic carbocycles. The monoisotopic (exact) mass is 358 g/mol. The predicted octanol–water partition coefficient (Wildman–Crippen LogP) is 2.79. The number of hydrogen-bond donors (Lipinski definition) is 1. The molecule has 4 rings (SSSR count). The quantitative estimate of drug-likeness (QED) is 0.894. The Kier molecular flexibility index (Phi) is 4.65. The highest BCUT2D eigenvalue weighted by Crippen LogP contribution is 2.50. The van der Waals surface area contributed by atoms with Gasteiger partial charge in [0.1, 0.15) is 0 Å². The van der Waals surface area contributed by atoms with Gasteiger partial charge >= 0.3 is 0 Å². The van der Waals surface area contributed by atoms with Gasteiger partial charge in [0.25, 0.3) is 0 Å². The summed E-state index contributed by atoms with van der Waals surface area (Å²) in [5.41, 5.74) is 1.42. The summed E-state index contributed by atoms with van der Waals surface area (Å²) < 4.78 is 2.09. The topological polar surface area (TPSA) is 50.2 Å². The van der Waals surface area contributed by atoms with Crippen LogP contribution >= 0.6 is 11.3 Å². The second-order valence-corrected chi connectivity index (χ2v) is 8.59. The summed E-state index contributed by atoms with van der Waals surface area (Å²) >= 11 is 1.70. The zero-order chi connectivity index (χ0) is 17.3. The Morgan fingerprint density at radius 3 is 3.16 bits per heavy atom. The Hall–Kier alpha value is -1.66. The average molecular weight is 359 g/mol. The molecule has 0 unspecified atom stereocenters. The fourth-order valence-electron chi connectivity index (χ4n) is 4.63. The first kappa shape index (κ1) is 16.8. The molecule has 2 aromatic heterocycles. The molecule has 25 heavy (non-hydrogen) atoms. The van der Waals surface area contributed by atoms with E-state index in [0.717, 1.165) is 32.5 Å². The Balaban J connectivity index is 1.38. The molecule has 2 fully saturated rings. The van der Waals surface area contributed by atoms with Crippen molar-refractivity contribution in [3.63, 3.8) is 0 Å². The Morgan fingerprint density at radius 1 is 1.48 bits per heavy atom. The molecule has 1 saturated carbocycles. The van der Waals surface area contributed by atoms with Crippen LogP contribution in [0.4, 0.5) is 0 Å². The zero-order valence-corrected chi connectivity index (χ0v) is 15.6. The third-order valence-corrected chi connectivity index (χ3v) is 6.88. The lowest BCUT2D eigenvalue weighted by Gasteiger charge is -2.30. The van der Waals surface area contributed by atoms with Crippen LogP contribution in [0, 0.1) is 11.3 Å². The number of amides is 1. The molecule has 2 aromatic rings. The first-order chi connectivity index (χ1) is 12.2. The predicted molar refractivity (Wildman–Crippen MR) is 99.0 cm³/mol. The lowest BCUT2D eigenvalue weighted by molar-refractivity contribution is -0.128. The van der Waals surface area contributed by atoms with Gasteiger partial charge in [-0.15, -0.1) is 11.3 Å². The van der Waals surface area contributed by atoms with Gasteiger partial charge in [-0.05, 0) is 42.7 Å². The minimum Gasteiger partial charge on any atom is -0.351 e. The van der Waals surface area contributed by atoms with E-state index in [9.17, 15) is 4.79 Å². The molecule has 0 bridgehead atoms. The van der Waals surface area contributed by atoms with E-state index in [0.29, 0.717) is 6.54 Å². The molecule has 2 aliphatic rings. The van der Waals surface area contributed by atoms with Crippen LogP contribution in [0.1, 0.15) is 36.3 Å². The molecule has 2 atom stereocenters. The van der Waals surface area contributed by atoms with Crippen LogP contribution in [-0.2, 0) is 24.9 Å². The molecule has 5 nitrogen and oxygen atoms in total. The van der Waals surface area contributed by atoms with Crippen molar-refractivity contribution in [1.29, 1.82) is 0 Å². The number of aromatic nitrogens is 2. The van der Waals surface area contributed by atoms with Crippen LogP contribution in [0.25, 0.3) is 0 Å². The van der Waals surface area contributed by atoms with Gasteiger partial charge in [0.2, 0.25) is 5.91 Å². The second-order valence-electron chi connectivity index (χ2n) is 7.56. The third kappa shape index (κ3) is 3.37. The summed E-state index contributed by atoms with van der Waals surface area (Å²) in [5.74, 6) is 0.428. The van der Waals surface area contributed by atoms with Gasteiger partial charge in [0, 0.05) is 37.1 Å². The van der Waals surface area contributed by atoms with Crippen molar-refractivity contribution in [3.05, 3.63) is 40.6 Å². The Morgan fingerprint density at radius 2 is 2.40 bits per heavy atom. The summed E-state index contributed by atoms with van der Waals surface area (Å²) in [6.07, 6.45) is 8.35. The Bertz CT molecular complexity index is 726. The first-order valence-corrected chi connectivity index (χ1v) is 10.0. The number of hydrogen-bond acceptors (Lipinski definition) is 4. The van der Waals surface area contributed by atoms with E-state index in [1.807, 2.05) is 25.6 Å². The molecular formula is C19H26N4OS. The van der Waals surface area contributed by atoms with Crippen LogP contribution in [-0.4, -0.2) is 33.4 Å². The molecular weight excluding hydrogens is 332 g/mol. The van der Waals surface area contributed by atoms with E-state index in [-0.39, 0.29) is 17.2 Å². The van der Waals surface area contributed by atoms with E-state index >= 15 is 0 Å². The highest BCUT2D eigenvalue weighted by Gasteiger charge is 2.50. The van der Waals surface area contributed by atoms with Crippen molar-refractivity contribution in [3.8, 4) is 0 Å². The highest BCUT2D eigenvalue weighted by atomic mass is 32.1. The number of thiophene rings is 1. The highest BCUT2D eigenvalue weighted by molar-refractivity contribution is 7.09. The molecule has 0 aromatic carbocycles. The molecule has 1 spiro atoms. The van der Waals surface area contributed by atoms with Gasteiger partial charge in [-0.3, -0.25) is 9.69 Å². The average Bonchev–Trinajstić information content (AvgIpc) is 3.38. The summed E-state index contributed by atoms with van der Waals surface area (Å²) in [7, 11) is 2.05. The number of carbonyl (C=O) groups excluding carboxylic acids is 1. The number of carbonyl (C=O) groups is 1. The molecule has 1 N–H and O–H groups in total. The first-order valence-electron chi connectivity index (χ1n) is 9.14. The summed E-state index contributed by atoms with van der Waals surface area (Å²) in [5, 5.41) is 5.25. The largest absolute Gasteiger partial charge is 0.351 e. The maximum absolute atomic E-state index is 12.8. The normalized spacial score (nSPS) is 26.5. The molecule has 134 valence electrons. The van der Waals surface area contributed by atoms with Gasteiger partial charge < -0.3 is 9.88 Å². The summed E-state index contributed by atoms with van der Waals surface area (Å²) in [4.78, 5) is 20.8. The lowest BCUT2D eigenvalue weighted by atomic mass is 9.76. The van der Waals surface area contributed by atoms with Crippen molar-refractivity contribution in [2.24, 2.45) is 18.4 Å². The fourth-order valence-corrected chi connectivity index (χ4v) is 5.28. The second kappa shape index (κ2) is 6.92.